The second-order valence-electron chi connectivity index (χ2n) is 2.79. The highest BCUT2D eigenvalue weighted by atomic mass is 15.3. The van der Waals surface area contributed by atoms with Crippen molar-refractivity contribution in [3.8, 4) is 11.4 Å². The lowest BCUT2D eigenvalue weighted by molar-refractivity contribution is 0.904. The van der Waals surface area contributed by atoms with E-state index in [4.69, 9.17) is 0 Å². The molecular formula is C8H6N6. The Balaban J connectivity index is 2.36. The Labute approximate surface area is 78.6 Å². The third-order valence-electron chi connectivity index (χ3n) is 1.95. The summed E-state index contributed by atoms with van der Waals surface area (Å²) in [6, 6.07) is 1.82. The third-order valence-corrected chi connectivity index (χ3v) is 1.95. The maximum atomic E-state index is 4.15. The molecule has 0 unspecified atom stereocenters. The van der Waals surface area contributed by atoms with E-state index in [-0.39, 0.29) is 0 Å². The van der Waals surface area contributed by atoms with E-state index in [0.717, 1.165) is 17.0 Å². The summed E-state index contributed by atoms with van der Waals surface area (Å²) in [6.45, 7) is 0. The Hall–Kier alpha value is -2.24. The van der Waals surface area contributed by atoms with Crippen LogP contribution in [0.1, 0.15) is 0 Å². The summed E-state index contributed by atoms with van der Waals surface area (Å²) in [5, 5.41) is 10.7. The maximum absolute atomic E-state index is 4.15. The van der Waals surface area contributed by atoms with Crippen LogP contribution in [0.3, 0.4) is 0 Å². The number of aromatic amines is 1. The molecule has 0 aromatic carbocycles. The van der Waals surface area contributed by atoms with Gasteiger partial charge in [0.05, 0.1) is 18.0 Å². The Morgan fingerprint density at radius 1 is 1.29 bits per heavy atom. The van der Waals surface area contributed by atoms with Crippen molar-refractivity contribution in [2.45, 2.75) is 0 Å². The molecule has 0 aliphatic heterocycles. The van der Waals surface area contributed by atoms with Gasteiger partial charge >= 0.3 is 0 Å². The number of hydrogen-bond donors (Lipinski definition) is 1. The molecule has 3 rings (SSSR count). The van der Waals surface area contributed by atoms with Gasteiger partial charge in [0.15, 0.2) is 11.5 Å². The van der Waals surface area contributed by atoms with E-state index < -0.39 is 0 Å². The summed E-state index contributed by atoms with van der Waals surface area (Å²) in [6.07, 6.45) is 6.67. The average Bonchev–Trinajstić information content (AvgIpc) is 2.88. The van der Waals surface area contributed by atoms with E-state index >= 15 is 0 Å². The van der Waals surface area contributed by atoms with Gasteiger partial charge in [-0.3, -0.25) is 5.10 Å². The SMILES string of the molecule is c1nc(-c2cn[nH]c2)n2nccc2n1. The number of fused-ring (bicyclic) bond motifs is 1. The largest absolute Gasteiger partial charge is 0.285 e. The van der Waals surface area contributed by atoms with Crippen molar-refractivity contribution < 1.29 is 0 Å². The highest BCUT2D eigenvalue weighted by Gasteiger charge is 2.06. The smallest absolute Gasteiger partial charge is 0.167 e. The molecule has 1 N–H and O–H groups in total. The Kier molecular flexibility index (Phi) is 1.35. The molecule has 68 valence electrons. The molecule has 0 fully saturated rings. The fourth-order valence-electron chi connectivity index (χ4n) is 1.32. The first-order valence-corrected chi connectivity index (χ1v) is 4.09. The molecule has 0 amide bonds. The molecule has 0 saturated carbocycles. The van der Waals surface area contributed by atoms with Crippen molar-refractivity contribution in [1.29, 1.82) is 0 Å². The number of rotatable bonds is 1. The molecule has 3 aromatic heterocycles. The van der Waals surface area contributed by atoms with Crippen molar-refractivity contribution in [3.05, 3.63) is 31.0 Å². The van der Waals surface area contributed by atoms with Crippen LogP contribution >= 0.6 is 0 Å². The predicted octanol–water partition coefficient (Wildman–Crippen LogP) is 0.514. The lowest BCUT2D eigenvalue weighted by Gasteiger charge is -1.98. The van der Waals surface area contributed by atoms with Gasteiger partial charge in [-0.1, -0.05) is 0 Å². The van der Waals surface area contributed by atoms with Crippen molar-refractivity contribution in [2.75, 3.05) is 0 Å². The molecule has 6 heteroatoms. The van der Waals surface area contributed by atoms with E-state index in [1.54, 1.807) is 23.1 Å². The molecule has 3 heterocycles. The van der Waals surface area contributed by atoms with Crippen LogP contribution in [0.2, 0.25) is 0 Å². The van der Waals surface area contributed by atoms with Gasteiger partial charge in [-0.25, -0.2) is 9.97 Å². The van der Waals surface area contributed by atoms with Crippen LogP contribution in [0.25, 0.3) is 17.0 Å². The van der Waals surface area contributed by atoms with Gasteiger partial charge in [-0.15, -0.1) is 0 Å². The summed E-state index contributed by atoms with van der Waals surface area (Å²) in [7, 11) is 0. The summed E-state index contributed by atoms with van der Waals surface area (Å²) < 4.78 is 1.67. The summed E-state index contributed by atoms with van der Waals surface area (Å²) in [5.41, 5.74) is 1.66. The average molecular weight is 186 g/mol. The molecule has 0 saturated heterocycles. The predicted molar refractivity (Wildman–Crippen MR) is 48.4 cm³/mol. The van der Waals surface area contributed by atoms with Crippen LogP contribution in [-0.4, -0.2) is 29.8 Å². The highest BCUT2D eigenvalue weighted by Crippen LogP contribution is 2.13. The summed E-state index contributed by atoms with van der Waals surface area (Å²) in [5.74, 6) is 0.730. The van der Waals surface area contributed by atoms with Gasteiger partial charge in [-0.2, -0.15) is 14.7 Å². The molecule has 6 nitrogen and oxygen atoms in total. The quantitative estimate of drug-likeness (QED) is 0.601. The zero-order chi connectivity index (χ0) is 9.38. The minimum absolute atomic E-state index is 0.730. The molecule has 0 atom stereocenters. The van der Waals surface area contributed by atoms with Gasteiger partial charge < -0.3 is 0 Å². The summed E-state index contributed by atoms with van der Waals surface area (Å²) in [4.78, 5) is 8.22. The minimum Gasteiger partial charge on any atom is -0.285 e. The summed E-state index contributed by atoms with van der Waals surface area (Å²) >= 11 is 0. The van der Waals surface area contributed by atoms with Gasteiger partial charge in [-0.05, 0) is 0 Å². The highest BCUT2D eigenvalue weighted by molar-refractivity contribution is 5.55. The normalized spacial score (nSPS) is 10.9. The molecule has 0 radical (unpaired) electrons. The number of nitrogens with zero attached hydrogens (tertiary/aromatic N) is 5. The van der Waals surface area contributed by atoms with Gasteiger partial charge in [0, 0.05) is 12.3 Å². The first-order chi connectivity index (χ1) is 6.95. The number of hydrogen-bond acceptors (Lipinski definition) is 4. The van der Waals surface area contributed by atoms with E-state index in [2.05, 4.69) is 25.3 Å². The van der Waals surface area contributed by atoms with E-state index in [1.807, 2.05) is 6.07 Å². The molecule has 14 heavy (non-hydrogen) atoms. The molecular weight excluding hydrogens is 180 g/mol. The molecule has 0 spiro atoms. The molecule has 0 bridgehead atoms. The van der Waals surface area contributed by atoms with E-state index in [0.29, 0.717) is 0 Å². The topological polar surface area (TPSA) is 71.8 Å². The first kappa shape index (κ1) is 7.19. The van der Waals surface area contributed by atoms with Crippen LogP contribution < -0.4 is 0 Å². The Morgan fingerprint density at radius 2 is 2.29 bits per heavy atom. The van der Waals surface area contributed by atoms with E-state index in [1.165, 1.54) is 6.33 Å². The van der Waals surface area contributed by atoms with Crippen molar-refractivity contribution in [2.24, 2.45) is 0 Å². The van der Waals surface area contributed by atoms with Crippen LogP contribution in [0.15, 0.2) is 31.0 Å². The second kappa shape index (κ2) is 2.63. The second-order valence-corrected chi connectivity index (χ2v) is 2.79. The molecule has 0 aliphatic rings. The van der Waals surface area contributed by atoms with Crippen LogP contribution in [0.5, 0.6) is 0 Å². The van der Waals surface area contributed by atoms with Crippen molar-refractivity contribution >= 4 is 5.65 Å². The third kappa shape index (κ3) is 0.905. The Morgan fingerprint density at radius 3 is 3.14 bits per heavy atom. The fraction of sp³-hybridized carbons (Fsp3) is 0. The number of aromatic nitrogens is 6. The van der Waals surface area contributed by atoms with Gasteiger partial charge in [0.2, 0.25) is 0 Å². The molecule has 3 aromatic rings. The zero-order valence-electron chi connectivity index (χ0n) is 7.12. The lowest BCUT2D eigenvalue weighted by Crippen LogP contribution is -1.97. The lowest BCUT2D eigenvalue weighted by atomic mass is 10.3. The van der Waals surface area contributed by atoms with E-state index in [9.17, 15) is 0 Å². The van der Waals surface area contributed by atoms with Crippen LogP contribution in [0, 0.1) is 0 Å². The monoisotopic (exact) mass is 186 g/mol. The number of H-pyrrole nitrogens is 1. The van der Waals surface area contributed by atoms with Gasteiger partial charge in [0.25, 0.3) is 0 Å². The standard InChI is InChI=1S/C8H6N6/c1-2-13-14-7(1)9-5-10-8(14)6-3-11-12-4-6/h1-5H,(H,11,12). The first-order valence-electron chi connectivity index (χ1n) is 4.09. The molecule has 0 aliphatic carbocycles. The van der Waals surface area contributed by atoms with Gasteiger partial charge in [0.1, 0.15) is 6.33 Å². The van der Waals surface area contributed by atoms with Crippen LogP contribution in [-0.2, 0) is 0 Å². The van der Waals surface area contributed by atoms with Crippen molar-refractivity contribution in [3.63, 3.8) is 0 Å². The fourth-order valence-corrected chi connectivity index (χ4v) is 1.32. The van der Waals surface area contributed by atoms with Crippen molar-refractivity contribution in [1.82, 2.24) is 29.8 Å². The maximum Gasteiger partial charge on any atom is 0.167 e. The minimum atomic E-state index is 0.730. The van der Waals surface area contributed by atoms with Crippen LogP contribution in [0.4, 0.5) is 0 Å². The number of nitrogens with one attached hydrogen (secondary N) is 1. The zero-order valence-corrected chi connectivity index (χ0v) is 7.12. The Bertz CT molecular complexity index is 552.